The highest BCUT2D eigenvalue weighted by molar-refractivity contribution is 14.1. The number of halogens is 2. The van der Waals surface area contributed by atoms with Crippen molar-refractivity contribution in [3.8, 4) is 0 Å². The Morgan fingerprint density at radius 2 is 1.56 bits per heavy atom. The van der Waals surface area contributed by atoms with Gasteiger partial charge in [-0.1, -0.05) is 35.9 Å². The van der Waals surface area contributed by atoms with Gasteiger partial charge in [0, 0.05) is 41.2 Å². The van der Waals surface area contributed by atoms with Crippen molar-refractivity contribution >= 4 is 46.0 Å². The highest BCUT2D eigenvalue weighted by Crippen LogP contribution is 2.16. The molecule has 0 aromatic heterocycles. The second kappa shape index (κ2) is 9.55. The molecule has 0 aliphatic carbocycles. The van der Waals surface area contributed by atoms with Crippen LogP contribution in [-0.4, -0.2) is 47.8 Å². The lowest BCUT2D eigenvalue weighted by molar-refractivity contribution is -0.132. The van der Waals surface area contributed by atoms with E-state index in [1.165, 1.54) is 5.56 Å². The molecule has 0 N–H and O–H groups in total. The Hall–Kier alpha value is -1.60. The van der Waals surface area contributed by atoms with Gasteiger partial charge in [-0.2, -0.15) is 0 Å². The first-order valence-corrected chi connectivity index (χ1v) is 10.6. The summed E-state index contributed by atoms with van der Waals surface area (Å²) in [6.07, 6.45) is 2.22. The Balaban J connectivity index is 1.44. The summed E-state index contributed by atoms with van der Waals surface area (Å²) >= 11 is 8.08. The molecule has 0 bridgehead atoms. The molecule has 0 radical (unpaired) electrons. The van der Waals surface area contributed by atoms with Crippen LogP contribution in [0.2, 0.25) is 5.02 Å². The number of carbonyl (C=O) groups is 2. The lowest BCUT2D eigenvalue weighted by Crippen LogP contribution is -2.50. The zero-order chi connectivity index (χ0) is 19.2. The fourth-order valence-electron chi connectivity index (χ4n) is 3.22. The first-order valence-electron chi connectivity index (χ1n) is 9.10. The molecule has 1 aliphatic heterocycles. The van der Waals surface area contributed by atoms with E-state index in [0.717, 1.165) is 27.0 Å². The van der Waals surface area contributed by atoms with E-state index in [2.05, 4.69) is 22.6 Å². The predicted octanol–water partition coefficient (Wildman–Crippen LogP) is 4.25. The molecule has 1 heterocycles. The van der Waals surface area contributed by atoms with Gasteiger partial charge >= 0.3 is 0 Å². The average Bonchev–Trinajstić information content (AvgIpc) is 2.69. The largest absolute Gasteiger partial charge is 0.339 e. The van der Waals surface area contributed by atoms with Crippen LogP contribution in [0.3, 0.4) is 0 Å². The highest BCUT2D eigenvalue weighted by Gasteiger charge is 2.25. The van der Waals surface area contributed by atoms with Gasteiger partial charge in [0.25, 0.3) is 5.91 Å². The molecular formula is C21H22ClIN2O2. The van der Waals surface area contributed by atoms with Gasteiger partial charge in [0.15, 0.2) is 0 Å². The van der Waals surface area contributed by atoms with Crippen molar-refractivity contribution in [2.75, 3.05) is 26.2 Å². The summed E-state index contributed by atoms with van der Waals surface area (Å²) in [5.41, 5.74) is 1.93. The zero-order valence-corrected chi connectivity index (χ0v) is 17.9. The van der Waals surface area contributed by atoms with Gasteiger partial charge in [0.1, 0.15) is 0 Å². The van der Waals surface area contributed by atoms with Crippen LogP contribution in [-0.2, 0) is 11.2 Å². The lowest BCUT2D eigenvalue weighted by Gasteiger charge is -2.35. The molecular weight excluding hydrogens is 475 g/mol. The number of aryl methyl sites for hydroxylation is 1. The van der Waals surface area contributed by atoms with Crippen molar-refractivity contribution in [1.82, 2.24) is 9.80 Å². The van der Waals surface area contributed by atoms with Gasteiger partial charge in [-0.05, 0) is 65.3 Å². The van der Waals surface area contributed by atoms with Crippen LogP contribution in [0.5, 0.6) is 0 Å². The Kier molecular flexibility index (Phi) is 7.13. The minimum atomic E-state index is 0.0508. The topological polar surface area (TPSA) is 40.6 Å². The summed E-state index contributed by atoms with van der Waals surface area (Å²) in [4.78, 5) is 28.8. The molecule has 2 aromatic carbocycles. The zero-order valence-electron chi connectivity index (χ0n) is 15.0. The molecule has 4 nitrogen and oxygen atoms in total. The number of benzene rings is 2. The average molecular weight is 497 g/mol. The van der Waals surface area contributed by atoms with Crippen LogP contribution in [0.1, 0.15) is 28.8 Å². The standard InChI is InChI=1S/C21H22ClIN2O2/c22-17-10-8-16(9-11-17)4-3-7-20(26)24-12-14-25(15-13-24)21(27)18-5-1-2-6-19(18)23/h1-2,5-6,8-11H,3-4,7,12-15H2. The van der Waals surface area contributed by atoms with E-state index in [1.807, 2.05) is 58.3 Å². The van der Waals surface area contributed by atoms with Gasteiger partial charge in [-0.15, -0.1) is 0 Å². The fourth-order valence-corrected chi connectivity index (χ4v) is 3.96. The molecule has 2 aromatic rings. The van der Waals surface area contributed by atoms with Crippen LogP contribution in [0, 0.1) is 3.57 Å². The predicted molar refractivity (Wildman–Crippen MR) is 116 cm³/mol. The Bertz CT molecular complexity index is 802. The van der Waals surface area contributed by atoms with Crippen LogP contribution in [0.4, 0.5) is 0 Å². The van der Waals surface area contributed by atoms with Crippen molar-refractivity contribution in [1.29, 1.82) is 0 Å². The molecule has 0 atom stereocenters. The number of amides is 2. The molecule has 2 amide bonds. The smallest absolute Gasteiger partial charge is 0.255 e. The van der Waals surface area contributed by atoms with Gasteiger partial charge in [-0.25, -0.2) is 0 Å². The van der Waals surface area contributed by atoms with E-state index in [0.29, 0.717) is 32.6 Å². The third-order valence-electron chi connectivity index (χ3n) is 4.79. The van der Waals surface area contributed by atoms with Crippen LogP contribution in [0.25, 0.3) is 0 Å². The first-order chi connectivity index (χ1) is 13.0. The van der Waals surface area contributed by atoms with Crippen molar-refractivity contribution < 1.29 is 9.59 Å². The van der Waals surface area contributed by atoms with E-state index in [-0.39, 0.29) is 11.8 Å². The molecule has 0 saturated carbocycles. The van der Waals surface area contributed by atoms with E-state index in [9.17, 15) is 9.59 Å². The van der Waals surface area contributed by atoms with Gasteiger partial charge < -0.3 is 9.80 Å². The number of rotatable bonds is 5. The molecule has 0 unspecified atom stereocenters. The van der Waals surface area contributed by atoms with Gasteiger partial charge in [0.2, 0.25) is 5.91 Å². The third-order valence-corrected chi connectivity index (χ3v) is 5.99. The van der Waals surface area contributed by atoms with Crippen molar-refractivity contribution in [3.63, 3.8) is 0 Å². The number of carbonyl (C=O) groups excluding carboxylic acids is 2. The minimum absolute atomic E-state index is 0.0508. The molecule has 6 heteroatoms. The summed E-state index contributed by atoms with van der Waals surface area (Å²) in [6.45, 7) is 2.39. The summed E-state index contributed by atoms with van der Waals surface area (Å²) in [5.74, 6) is 0.222. The molecule has 1 saturated heterocycles. The molecule has 1 fully saturated rings. The Morgan fingerprint density at radius 1 is 0.926 bits per heavy atom. The summed E-state index contributed by atoms with van der Waals surface area (Å²) in [5, 5.41) is 0.729. The number of hydrogen-bond donors (Lipinski definition) is 0. The second-order valence-electron chi connectivity index (χ2n) is 6.63. The fraction of sp³-hybridized carbons (Fsp3) is 0.333. The van der Waals surface area contributed by atoms with Crippen molar-refractivity contribution in [2.24, 2.45) is 0 Å². The lowest BCUT2D eigenvalue weighted by atomic mass is 10.1. The summed E-state index contributed by atoms with van der Waals surface area (Å²) in [7, 11) is 0. The van der Waals surface area contributed by atoms with E-state index < -0.39 is 0 Å². The normalized spacial score (nSPS) is 14.3. The maximum absolute atomic E-state index is 12.7. The number of nitrogens with zero attached hydrogens (tertiary/aromatic N) is 2. The third kappa shape index (κ3) is 5.45. The SMILES string of the molecule is O=C(CCCc1ccc(Cl)cc1)N1CCN(C(=O)c2ccccc2I)CC1. The first kappa shape index (κ1) is 20.1. The molecule has 3 rings (SSSR count). The van der Waals surface area contributed by atoms with E-state index in [4.69, 9.17) is 11.6 Å². The maximum Gasteiger partial charge on any atom is 0.255 e. The monoisotopic (exact) mass is 496 g/mol. The number of hydrogen-bond acceptors (Lipinski definition) is 2. The summed E-state index contributed by atoms with van der Waals surface area (Å²) < 4.78 is 0.959. The molecule has 0 spiro atoms. The maximum atomic E-state index is 12.7. The van der Waals surface area contributed by atoms with E-state index >= 15 is 0 Å². The highest BCUT2D eigenvalue weighted by atomic mass is 127. The van der Waals surface area contributed by atoms with Crippen LogP contribution >= 0.6 is 34.2 Å². The van der Waals surface area contributed by atoms with Crippen LogP contribution in [0.15, 0.2) is 48.5 Å². The number of piperazine rings is 1. The molecule has 1 aliphatic rings. The quantitative estimate of drug-likeness (QED) is 0.581. The Morgan fingerprint density at radius 3 is 2.22 bits per heavy atom. The van der Waals surface area contributed by atoms with Crippen molar-refractivity contribution in [2.45, 2.75) is 19.3 Å². The van der Waals surface area contributed by atoms with Crippen molar-refractivity contribution in [3.05, 3.63) is 68.3 Å². The molecule has 27 heavy (non-hydrogen) atoms. The van der Waals surface area contributed by atoms with E-state index in [1.54, 1.807) is 0 Å². The minimum Gasteiger partial charge on any atom is -0.339 e. The molecule has 142 valence electrons. The van der Waals surface area contributed by atoms with Crippen LogP contribution < -0.4 is 0 Å². The summed E-state index contributed by atoms with van der Waals surface area (Å²) in [6, 6.07) is 15.4. The second-order valence-corrected chi connectivity index (χ2v) is 8.23. The Labute approximate surface area is 178 Å². The van der Waals surface area contributed by atoms with Gasteiger partial charge in [-0.3, -0.25) is 9.59 Å². The van der Waals surface area contributed by atoms with Gasteiger partial charge in [0.05, 0.1) is 5.56 Å².